The number of hydrogen-bond acceptors (Lipinski definition) is 2. The van der Waals surface area contributed by atoms with E-state index < -0.39 is 11.9 Å². The van der Waals surface area contributed by atoms with Gasteiger partial charge >= 0.3 is 11.9 Å². The van der Waals surface area contributed by atoms with Crippen molar-refractivity contribution in [2.24, 2.45) is 23.7 Å². The highest BCUT2D eigenvalue weighted by molar-refractivity contribution is 5.91. The first kappa shape index (κ1) is 20.2. The molecule has 1 aromatic carbocycles. The smallest absolute Gasteiger partial charge is 0.336 e. The van der Waals surface area contributed by atoms with E-state index in [1.807, 2.05) is 32.9 Å². The molecule has 0 heterocycles. The van der Waals surface area contributed by atoms with Gasteiger partial charge in [0.05, 0.1) is 11.5 Å². The first-order chi connectivity index (χ1) is 11.0. The van der Waals surface area contributed by atoms with Crippen LogP contribution in [-0.4, -0.2) is 22.2 Å². The number of aromatic carboxylic acids is 1. The largest absolute Gasteiger partial charge is 0.481 e. The molecular formula is C20H30O4. The summed E-state index contributed by atoms with van der Waals surface area (Å²) >= 11 is 0. The fraction of sp³-hybridized carbons (Fsp3) is 0.600. The summed E-state index contributed by atoms with van der Waals surface area (Å²) in [5.74, 6) is -0.166. The number of carbonyl (C=O) groups is 2. The van der Waals surface area contributed by atoms with Crippen molar-refractivity contribution in [3.8, 4) is 0 Å². The molecule has 24 heavy (non-hydrogen) atoms. The Kier molecular flexibility index (Phi) is 7.00. The van der Waals surface area contributed by atoms with Crippen LogP contribution in [0.15, 0.2) is 12.1 Å². The second-order valence-corrected chi connectivity index (χ2v) is 7.47. The quantitative estimate of drug-likeness (QED) is 0.822. The fourth-order valence-corrected chi connectivity index (χ4v) is 4.22. The van der Waals surface area contributed by atoms with Gasteiger partial charge < -0.3 is 10.2 Å². The molecule has 0 bridgehead atoms. The number of benzene rings is 1. The van der Waals surface area contributed by atoms with Crippen molar-refractivity contribution >= 4 is 11.9 Å². The minimum atomic E-state index is -0.843. The first-order valence-corrected chi connectivity index (χ1v) is 8.58. The zero-order valence-corrected chi connectivity index (χ0v) is 15.6. The molecule has 2 unspecified atom stereocenters. The maximum Gasteiger partial charge on any atom is 0.336 e. The highest BCUT2D eigenvalue weighted by Gasteiger charge is 2.35. The van der Waals surface area contributed by atoms with E-state index in [2.05, 4.69) is 20.8 Å². The second kappa shape index (κ2) is 8.32. The highest BCUT2D eigenvalue weighted by Crippen LogP contribution is 2.37. The van der Waals surface area contributed by atoms with Crippen LogP contribution < -0.4 is 0 Å². The van der Waals surface area contributed by atoms with Gasteiger partial charge in [-0.25, -0.2) is 4.79 Å². The number of aliphatic carboxylic acids is 1. The van der Waals surface area contributed by atoms with Crippen molar-refractivity contribution in [3.63, 3.8) is 0 Å². The molecular weight excluding hydrogens is 304 g/mol. The number of carboxylic acids is 2. The SMILES string of the molecule is CC1C[C@@H](C)C(C(=O)O)[C@@H](C)C1.Cc1cc(C)c(C(=O)O)c(C)c1. The summed E-state index contributed by atoms with van der Waals surface area (Å²) in [6, 6.07) is 3.77. The number of hydrogen-bond donors (Lipinski definition) is 2. The summed E-state index contributed by atoms with van der Waals surface area (Å²) in [7, 11) is 0. The summed E-state index contributed by atoms with van der Waals surface area (Å²) in [5, 5.41) is 17.8. The van der Waals surface area contributed by atoms with Crippen LogP contribution in [0, 0.1) is 44.4 Å². The van der Waals surface area contributed by atoms with Crippen LogP contribution in [0.1, 0.15) is 60.7 Å². The van der Waals surface area contributed by atoms with Gasteiger partial charge in [-0.05, 0) is 62.5 Å². The zero-order valence-electron chi connectivity index (χ0n) is 15.6. The molecule has 1 fully saturated rings. The molecule has 134 valence electrons. The monoisotopic (exact) mass is 334 g/mol. The van der Waals surface area contributed by atoms with Crippen LogP contribution in [0.5, 0.6) is 0 Å². The third kappa shape index (κ3) is 5.08. The maximum absolute atomic E-state index is 10.9. The standard InChI is InChI=1S/C10H18O2.C10H12O2/c2*1-6-4-7(2)9(10(11)12)8(3)5-6/h6-9H,4-5H2,1-3H3,(H,11,12);4-5H,1-3H3,(H,11,12)/t6?,7-,8+,9?;. The predicted molar refractivity (Wildman–Crippen MR) is 95.5 cm³/mol. The summed E-state index contributed by atoms with van der Waals surface area (Å²) < 4.78 is 0. The van der Waals surface area contributed by atoms with E-state index in [0.717, 1.165) is 29.5 Å². The van der Waals surface area contributed by atoms with Gasteiger partial charge in [0.1, 0.15) is 0 Å². The fourth-order valence-electron chi connectivity index (χ4n) is 4.22. The van der Waals surface area contributed by atoms with E-state index in [9.17, 15) is 9.59 Å². The topological polar surface area (TPSA) is 74.6 Å². The summed E-state index contributed by atoms with van der Waals surface area (Å²) in [5.41, 5.74) is 3.20. The van der Waals surface area contributed by atoms with Gasteiger partial charge in [0.25, 0.3) is 0 Å². The minimum Gasteiger partial charge on any atom is -0.481 e. The van der Waals surface area contributed by atoms with E-state index in [4.69, 9.17) is 10.2 Å². The molecule has 1 saturated carbocycles. The van der Waals surface area contributed by atoms with E-state index in [1.165, 1.54) is 0 Å². The van der Waals surface area contributed by atoms with Crippen molar-refractivity contribution in [1.29, 1.82) is 0 Å². The van der Waals surface area contributed by atoms with Crippen molar-refractivity contribution in [1.82, 2.24) is 0 Å². The molecule has 2 N–H and O–H groups in total. The Morgan fingerprint density at radius 3 is 1.67 bits per heavy atom. The normalized spacial score (nSPS) is 26.2. The third-order valence-corrected chi connectivity index (χ3v) is 4.95. The average Bonchev–Trinajstić information content (AvgIpc) is 2.35. The Balaban J connectivity index is 0.000000240. The lowest BCUT2D eigenvalue weighted by atomic mass is 9.70. The van der Waals surface area contributed by atoms with Crippen molar-refractivity contribution in [3.05, 3.63) is 34.4 Å². The lowest BCUT2D eigenvalue weighted by Gasteiger charge is -2.35. The molecule has 0 aromatic heterocycles. The molecule has 0 radical (unpaired) electrons. The van der Waals surface area contributed by atoms with Gasteiger partial charge in [0, 0.05) is 0 Å². The number of aryl methyl sites for hydroxylation is 3. The highest BCUT2D eigenvalue weighted by atomic mass is 16.4. The molecule has 0 amide bonds. The van der Waals surface area contributed by atoms with E-state index in [0.29, 0.717) is 23.3 Å². The maximum atomic E-state index is 10.9. The van der Waals surface area contributed by atoms with Crippen molar-refractivity contribution < 1.29 is 19.8 Å². The molecule has 4 nitrogen and oxygen atoms in total. The Hall–Kier alpha value is -1.84. The van der Waals surface area contributed by atoms with Gasteiger partial charge in [-0.1, -0.05) is 38.5 Å². The Bertz CT molecular complexity index is 571. The number of carboxylic acid groups (broad SMARTS) is 2. The van der Waals surface area contributed by atoms with Crippen LogP contribution in [-0.2, 0) is 4.79 Å². The Morgan fingerprint density at radius 2 is 1.33 bits per heavy atom. The zero-order chi connectivity index (χ0) is 18.6. The molecule has 1 aromatic rings. The van der Waals surface area contributed by atoms with Gasteiger partial charge in [-0.3, -0.25) is 4.79 Å². The van der Waals surface area contributed by atoms with Crippen LogP contribution in [0.3, 0.4) is 0 Å². The molecule has 0 spiro atoms. The summed E-state index contributed by atoms with van der Waals surface area (Å²) in [4.78, 5) is 21.6. The molecule has 2 rings (SSSR count). The molecule has 4 atom stereocenters. The van der Waals surface area contributed by atoms with Crippen LogP contribution in [0.25, 0.3) is 0 Å². The second-order valence-electron chi connectivity index (χ2n) is 7.47. The van der Waals surface area contributed by atoms with E-state index >= 15 is 0 Å². The molecule has 4 heteroatoms. The summed E-state index contributed by atoms with van der Waals surface area (Å²) in [6.45, 7) is 11.9. The number of rotatable bonds is 2. The first-order valence-electron chi connectivity index (χ1n) is 8.58. The average molecular weight is 334 g/mol. The van der Waals surface area contributed by atoms with Crippen molar-refractivity contribution in [2.45, 2.75) is 54.4 Å². The van der Waals surface area contributed by atoms with Gasteiger partial charge in [-0.15, -0.1) is 0 Å². The Labute approximate surface area is 144 Å². The molecule has 0 aliphatic heterocycles. The molecule has 1 aliphatic rings. The molecule has 0 saturated heterocycles. The van der Waals surface area contributed by atoms with Crippen molar-refractivity contribution in [2.75, 3.05) is 0 Å². The summed E-state index contributed by atoms with van der Waals surface area (Å²) in [6.07, 6.45) is 2.14. The van der Waals surface area contributed by atoms with Crippen LogP contribution in [0.4, 0.5) is 0 Å². The van der Waals surface area contributed by atoms with Gasteiger partial charge in [0.15, 0.2) is 0 Å². The van der Waals surface area contributed by atoms with Crippen LogP contribution in [0.2, 0.25) is 0 Å². The van der Waals surface area contributed by atoms with E-state index in [1.54, 1.807) is 0 Å². The lowest BCUT2D eigenvalue weighted by Crippen LogP contribution is -2.34. The van der Waals surface area contributed by atoms with Gasteiger partial charge in [-0.2, -0.15) is 0 Å². The lowest BCUT2D eigenvalue weighted by molar-refractivity contribution is -0.147. The molecule has 1 aliphatic carbocycles. The third-order valence-electron chi connectivity index (χ3n) is 4.95. The minimum absolute atomic E-state index is 0.110. The van der Waals surface area contributed by atoms with E-state index in [-0.39, 0.29) is 5.92 Å². The van der Waals surface area contributed by atoms with Crippen LogP contribution >= 0.6 is 0 Å². The predicted octanol–water partition coefficient (Wildman–Crippen LogP) is 4.70. The Morgan fingerprint density at radius 1 is 0.917 bits per heavy atom. The van der Waals surface area contributed by atoms with Gasteiger partial charge in [0.2, 0.25) is 0 Å².